The second-order valence-corrected chi connectivity index (χ2v) is 5.86. The lowest BCUT2D eigenvalue weighted by Crippen LogP contribution is -2.14. The molecule has 0 rings (SSSR count). The van der Waals surface area contributed by atoms with E-state index in [-0.39, 0.29) is 32.1 Å². The average Bonchev–Trinajstić information content (AvgIpc) is 2.47. The van der Waals surface area contributed by atoms with E-state index in [1.807, 2.05) is 13.8 Å². The maximum atomic E-state index is 12.0. The largest absolute Gasteiger partial charge is 0.374 e. The number of aldehydes is 3. The van der Waals surface area contributed by atoms with Crippen LogP contribution in [-0.4, -0.2) is 43.0 Å². The molecule has 1 atom stereocenters. The Morgan fingerprint density at radius 3 is 1.65 bits per heavy atom. The fourth-order valence-corrected chi connectivity index (χ4v) is 2.23. The van der Waals surface area contributed by atoms with Crippen LogP contribution in [0.25, 0.3) is 0 Å². The molecular weight excluding hydrogens is 287 g/mol. The van der Waals surface area contributed by atoms with Crippen LogP contribution in [0.15, 0.2) is 0 Å². The summed E-state index contributed by atoms with van der Waals surface area (Å²) < 4.78 is 22.0. The predicted molar refractivity (Wildman–Crippen MR) is 73.5 cm³/mol. The van der Waals surface area contributed by atoms with Crippen molar-refractivity contribution in [2.24, 2.45) is 0 Å². The minimum Gasteiger partial charge on any atom is -0.374 e. The van der Waals surface area contributed by atoms with Crippen LogP contribution in [0.4, 0.5) is 0 Å². The lowest BCUT2D eigenvalue weighted by Gasteiger charge is -2.19. The Kier molecular flexibility index (Phi) is 15.6. The maximum Gasteiger partial charge on any atom is 0.366 e. The molecule has 0 saturated heterocycles. The van der Waals surface area contributed by atoms with Crippen molar-refractivity contribution < 1.29 is 33.1 Å². The van der Waals surface area contributed by atoms with Crippen LogP contribution in [0.5, 0.6) is 0 Å². The fraction of sp³-hybridized carbons (Fsp3) is 0.750. The summed E-state index contributed by atoms with van der Waals surface area (Å²) in [5.74, 6) is -1.68. The molecule has 1 unspecified atom stereocenters. The van der Waals surface area contributed by atoms with Gasteiger partial charge in [0.1, 0.15) is 0 Å². The van der Waals surface area contributed by atoms with Crippen molar-refractivity contribution >= 4 is 26.5 Å². The molecule has 0 radical (unpaired) electrons. The molecule has 7 nitrogen and oxygen atoms in total. The first-order valence-corrected chi connectivity index (χ1v) is 8.04. The third kappa shape index (κ3) is 11.0. The highest BCUT2D eigenvalue weighted by Gasteiger charge is 2.34. The molecule has 0 aliphatic rings. The standard InChI is InChI=1S/C10H21O5P.C2H2O2/c1-3-5-7-14-16(13,10(12)9-11)15-8-6-4-2;3-1-2-4/h9-10,12H,3-8H2,1-2H3;1-2H. The van der Waals surface area contributed by atoms with Gasteiger partial charge in [0.2, 0.25) is 5.85 Å². The van der Waals surface area contributed by atoms with E-state index in [0.29, 0.717) is 12.8 Å². The van der Waals surface area contributed by atoms with Gasteiger partial charge in [-0.15, -0.1) is 0 Å². The number of unbranched alkanes of at least 4 members (excludes halogenated alkanes) is 2. The summed E-state index contributed by atoms with van der Waals surface area (Å²) in [4.78, 5) is 28.0. The van der Waals surface area contributed by atoms with Gasteiger partial charge in [0.25, 0.3) is 0 Å². The Balaban J connectivity index is 0. The Hall–Kier alpha value is -0.880. The van der Waals surface area contributed by atoms with Crippen LogP contribution < -0.4 is 0 Å². The number of aliphatic hydroxyl groups is 1. The van der Waals surface area contributed by atoms with E-state index >= 15 is 0 Å². The molecule has 20 heavy (non-hydrogen) atoms. The van der Waals surface area contributed by atoms with E-state index in [1.165, 1.54) is 0 Å². The Labute approximate surface area is 119 Å². The van der Waals surface area contributed by atoms with Crippen LogP contribution in [0.1, 0.15) is 39.5 Å². The minimum atomic E-state index is -3.68. The molecule has 118 valence electrons. The molecule has 0 aromatic carbocycles. The highest BCUT2D eigenvalue weighted by atomic mass is 31.2. The van der Waals surface area contributed by atoms with Gasteiger partial charge in [0.05, 0.1) is 13.2 Å². The second kappa shape index (κ2) is 14.5. The average molecular weight is 310 g/mol. The molecule has 0 spiro atoms. The lowest BCUT2D eigenvalue weighted by molar-refractivity contribution is -0.122. The molecule has 0 bridgehead atoms. The quantitative estimate of drug-likeness (QED) is 0.268. The smallest absolute Gasteiger partial charge is 0.366 e. The number of aliphatic hydroxyl groups excluding tert-OH is 1. The first kappa shape index (κ1) is 21.4. The third-order valence-corrected chi connectivity index (χ3v) is 3.89. The summed E-state index contributed by atoms with van der Waals surface area (Å²) in [6, 6.07) is 0. The molecule has 0 aliphatic carbocycles. The van der Waals surface area contributed by atoms with Gasteiger partial charge in [-0.3, -0.25) is 18.9 Å². The summed E-state index contributed by atoms with van der Waals surface area (Å²) in [7, 11) is -3.68. The third-order valence-electron chi connectivity index (χ3n) is 2.04. The van der Waals surface area contributed by atoms with Crippen molar-refractivity contribution in [3.05, 3.63) is 0 Å². The van der Waals surface area contributed by atoms with Crippen LogP contribution in [0.3, 0.4) is 0 Å². The number of hydrogen-bond donors (Lipinski definition) is 1. The lowest BCUT2D eigenvalue weighted by atomic mass is 10.4. The number of carbonyl (C=O) groups is 3. The molecule has 0 heterocycles. The zero-order valence-electron chi connectivity index (χ0n) is 11.9. The SMILES string of the molecule is CCCCOP(=O)(OCCCC)C(O)C=O.O=CC=O. The monoisotopic (exact) mass is 310 g/mol. The summed E-state index contributed by atoms with van der Waals surface area (Å²) in [5, 5.41) is 9.29. The first-order valence-electron chi connectivity index (χ1n) is 6.43. The fourth-order valence-electron chi connectivity index (χ4n) is 0.937. The van der Waals surface area contributed by atoms with E-state index in [1.54, 1.807) is 0 Å². The highest BCUT2D eigenvalue weighted by Crippen LogP contribution is 2.51. The predicted octanol–water partition coefficient (Wildman–Crippen LogP) is 1.71. The molecule has 0 aliphatic heterocycles. The molecule has 0 aromatic rings. The van der Waals surface area contributed by atoms with Gasteiger partial charge in [-0.1, -0.05) is 26.7 Å². The van der Waals surface area contributed by atoms with E-state index in [9.17, 15) is 14.5 Å². The van der Waals surface area contributed by atoms with Crippen molar-refractivity contribution in [3.8, 4) is 0 Å². The summed E-state index contributed by atoms with van der Waals surface area (Å²) in [6.45, 7) is 4.38. The van der Waals surface area contributed by atoms with Crippen molar-refractivity contribution in [2.45, 2.75) is 45.4 Å². The zero-order chi connectivity index (χ0) is 15.9. The molecule has 0 aromatic heterocycles. The van der Waals surface area contributed by atoms with Gasteiger partial charge in [-0.25, -0.2) is 0 Å². The van der Waals surface area contributed by atoms with Crippen LogP contribution in [-0.2, 0) is 28.0 Å². The van der Waals surface area contributed by atoms with E-state index in [0.717, 1.165) is 12.8 Å². The van der Waals surface area contributed by atoms with Crippen molar-refractivity contribution in [1.82, 2.24) is 0 Å². The molecule has 0 amide bonds. The molecule has 8 heteroatoms. The molecular formula is C12H23O7P. The maximum absolute atomic E-state index is 12.0. The zero-order valence-corrected chi connectivity index (χ0v) is 12.8. The van der Waals surface area contributed by atoms with Crippen LogP contribution >= 0.6 is 7.60 Å². The van der Waals surface area contributed by atoms with E-state index in [4.69, 9.17) is 18.6 Å². The van der Waals surface area contributed by atoms with Gasteiger partial charge < -0.3 is 14.2 Å². The van der Waals surface area contributed by atoms with Crippen LogP contribution in [0.2, 0.25) is 0 Å². The summed E-state index contributed by atoms with van der Waals surface area (Å²) in [6.07, 6.45) is 3.77. The number of carbonyl (C=O) groups excluding carboxylic acids is 3. The second-order valence-electron chi connectivity index (χ2n) is 3.74. The minimum absolute atomic E-state index is 0.193. The van der Waals surface area contributed by atoms with Gasteiger partial charge in [-0.2, -0.15) is 0 Å². The van der Waals surface area contributed by atoms with Gasteiger partial charge in [-0.05, 0) is 12.8 Å². The molecule has 1 N–H and O–H groups in total. The van der Waals surface area contributed by atoms with E-state index < -0.39 is 13.4 Å². The summed E-state index contributed by atoms with van der Waals surface area (Å²) in [5.41, 5.74) is 0. The molecule has 0 saturated carbocycles. The van der Waals surface area contributed by atoms with Gasteiger partial charge in [0.15, 0.2) is 18.9 Å². The van der Waals surface area contributed by atoms with Crippen LogP contribution in [0, 0.1) is 0 Å². The van der Waals surface area contributed by atoms with Crippen molar-refractivity contribution in [3.63, 3.8) is 0 Å². The Morgan fingerprint density at radius 1 is 1.00 bits per heavy atom. The number of hydrogen-bond acceptors (Lipinski definition) is 7. The Morgan fingerprint density at radius 2 is 1.40 bits per heavy atom. The summed E-state index contributed by atoms with van der Waals surface area (Å²) >= 11 is 0. The van der Waals surface area contributed by atoms with Crippen molar-refractivity contribution in [2.75, 3.05) is 13.2 Å². The van der Waals surface area contributed by atoms with Gasteiger partial charge >= 0.3 is 7.60 Å². The topological polar surface area (TPSA) is 107 Å². The first-order chi connectivity index (χ1) is 9.52. The normalized spacial score (nSPS) is 11.9. The van der Waals surface area contributed by atoms with Crippen molar-refractivity contribution in [1.29, 1.82) is 0 Å². The molecule has 0 fully saturated rings. The van der Waals surface area contributed by atoms with Gasteiger partial charge in [0, 0.05) is 0 Å². The Bertz CT molecular complexity index is 286. The van der Waals surface area contributed by atoms with E-state index in [2.05, 4.69) is 0 Å². The number of rotatable bonds is 11. The highest BCUT2D eigenvalue weighted by molar-refractivity contribution is 7.55.